The largest absolute Gasteiger partial charge is 0.333 e. The van der Waals surface area contributed by atoms with Gasteiger partial charge in [0, 0.05) is 12.0 Å². The van der Waals surface area contributed by atoms with E-state index in [-0.39, 0.29) is 5.78 Å². The zero-order valence-corrected chi connectivity index (χ0v) is 11.7. The summed E-state index contributed by atoms with van der Waals surface area (Å²) in [5, 5.41) is 3.86. The second-order valence-corrected chi connectivity index (χ2v) is 5.31. The van der Waals surface area contributed by atoms with Crippen molar-refractivity contribution in [2.75, 3.05) is 0 Å². The van der Waals surface area contributed by atoms with Crippen LogP contribution in [0.1, 0.15) is 28.0 Å². The minimum Gasteiger partial charge on any atom is -0.333 e. The number of hydrogen-bond donors (Lipinski definition) is 0. The van der Waals surface area contributed by atoms with Crippen LogP contribution in [-0.2, 0) is 6.42 Å². The Morgan fingerprint density at radius 2 is 2.00 bits per heavy atom. The molecule has 0 unspecified atom stereocenters. The maximum absolute atomic E-state index is 12.3. The van der Waals surface area contributed by atoms with Crippen molar-refractivity contribution < 1.29 is 9.32 Å². The lowest BCUT2D eigenvalue weighted by Crippen LogP contribution is -1.97. The average Bonchev–Trinajstić information content (AvgIpc) is 3.16. The van der Waals surface area contributed by atoms with Gasteiger partial charge in [-0.1, -0.05) is 42.4 Å². The molecule has 100 valence electrons. The van der Waals surface area contributed by atoms with E-state index in [2.05, 4.69) is 10.1 Å². The van der Waals surface area contributed by atoms with Crippen LogP contribution in [0.5, 0.6) is 0 Å². The van der Waals surface area contributed by atoms with Crippen LogP contribution in [0, 0.1) is 0 Å². The van der Waals surface area contributed by atoms with E-state index in [1.165, 1.54) is 11.3 Å². The third-order valence-electron chi connectivity index (χ3n) is 2.86. The summed E-state index contributed by atoms with van der Waals surface area (Å²) in [4.78, 5) is 18.0. The Kier molecular flexibility index (Phi) is 3.43. The van der Waals surface area contributed by atoms with Crippen molar-refractivity contribution in [3.05, 3.63) is 58.7 Å². The molecule has 2 heterocycles. The van der Waals surface area contributed by atoms with Crippen LogP contribution >= 0.6 is 11.3 Å². The summed E-state index contributed by atoms with van der Waals surface area (Å²) >= 11 is 1.37. The molecule has 0 aliphatic heterocycles. The van der Waals surface area contributed by atoms with Gasteiger partial charge >= 0.3 is 0 Å². The van der Waals surface area contributed by atoms with E-state index >= 15 is 0 Å². The summed E-state index contributed by atoms with van der Waals surface area (Å²) in [6.45, 7) is 1.97. The summed E-state index contributed by atoms with van der Waals surface area (Å²) in [6.07, 6.45) is 0.727. The molecule has 0 bridgehead atoms. The zero-order valence-electron chi connectivity index (χ0n) is 10.9. The molecule has 0 radical (unpaired) electrons. The normalized spacial score (nSPS) is 10.7. The summed E-state index contributed by atoms with van der Waals surface area (Å²) in [6, 6.07) is 12.9. The predicted molar refractivity (Wildman–Crippen MR) is 76.9 cm³/mol. The molecular formula is C15H12N2O2S. The first kappa shape index (κ1) is 12.7. The summed E-state index contributed by atoms with van der Waals surface area (Å²) in [7, 11) is 0. The van der Waals surface area contributed by atoms with E-state index in [1.807, 2.05) is 43.3 Å². The lowest BCUT2D eigenvalue weighted by atomic mass is 10.1. The quantitative estimate of drug-likeness (QED) is 0.687. The molecule has 0 aliphatic carbocycles. The number of carbonyl (C=O) groups is 1. The van der Waals surface area contributed by atoms with Crippen LogP contribution in [0.25, 0.3) is 10.8 Å². The fourth-order valence-corrected chi connectivity index (χ4v) is 2.69. The summed E-state index contributed by atoms with van der Waals surface area (Å²) in [5.41, 5.74) is 0.681. The number of hydrogen-bond acceptors (Lipinski definition) is 5. The molecule has 3 aromatic rings. The van der Waals surface area contributed by atoms with Gasteiger partial charge in [0.1, 0.15) is 0 Å². The number of carbonyl (C=O) groups excluding carboxylic acids is 1. The van der Waals surface area contributed by atoms with Crippen LogP contribution in [0.15, 0.2) is 47.0 Å². The minimum atomic E-state index is 0.0112. The first-order chi connectivity index (χ1) is 9.78. The van der Waals surface area contributed by atoms with Crippen molar-refractivity contribution in [3.8, 4) is 10.8 Å². The summed E-state index contributed by atoms with van der Waals surface area (Å²) in [5.74, 6) is 1.15. The molecule has 0 spiro atoms. The highest BCUT2D eigenvalue weighted by molar-refractivity contribution is 7.17. The number of rotatable bonds is 4. The van der Waals surface area contributed by atoms with Gasteiger partial charge < -0.3 is 4.52 Å². The van der Waals surface area contributed by atoms with Crippen LogP contribution in [0.2, 0.25) is 0 Å². The fourth-order valence-electron chi connectivity index (χ4n) is 1.80. The molecule has 0 N–H and O–H groups in total. The number of aromatic nitrogens is 2. The van der Waals surface area contributed by atoms with Crippen molar-refractivity contribution in [1.82, 2.24) is 10.1 Å². The standard InChI is InChI=1S/C15H12N2O2S/c1-2-13-16-15(19-17-13)12-9-8-11(20-12)14(18)10-6-4-3-5-7-10/h3-9H,2H2,1H3. The first-order valence-corrected chi connectivity index (χ1v) is 7.12. The second-order valence-electron chi connectivity index (χ2n) is 4.23. The van der Waals surface area contributed by atoms with Gasteiger partial charge in [0.2, 0.25) is 5.78 Å². The smallest absolute Gasteiger partial charge is 0.268 e. The Morgan fingerprint density at radius 3 is 2.70 bits per heavy atom. The minimum absolute atomic E-state index is 0.0112. The summed E-state index contributed by atoms with van der Waals surface area (Å²) < 4.78 is 5.18. The van der Waals surface area contributed by atoms with Crippen molar-refractivity contribution in [2.24, 2.45) is 0 Å². The molecule has 0 aliphatic rings. The topological polar surface area (TPSA) is 56.0 Å². The zero-order chi connectivity index (χ0) is 13.9. The molecule has 0 saturated heterocycles. The number of nitrogens with zero attached hydrogens (tertiary/aromatic N) is 2. The molecule has 20 heavy (non-hydrogen) atoms. The number of thiophene rings is 1. The Hall–Kier alpha value is -2.27. The molecule has 0 fully saturated rings. The SMILES string of the molecule is CCc1noc(-c2ccc(C(=O)c3ccccc3)s2)n1. The van der Waals surface area contributed by atoms with Gasteiger partial charge in [0.05, 0.1) is 9.75 Å². The molecule has 4 nitrogen and oxygen atoms in total. The molecule has 5 heteroatoms. The third-order valence-corrected chi connectivity index (χ3v) is 3.93. The van der Waals surface area contributed by atoms with Gasteiger partial charge in [-0.3, -0.25) is 4.79 Å². The predicted octanol–water partition coefficient (Wildman–Crippen LogP) is 3.59. The van der Waals surface area contributed by atoms with Gasteiger partial charge in [-0.25, -0.2) is 0 Å². The number of benzene rings is 1. The highest BCUT2D eigenvalue weighted by Crippen LogP contribution is 2.28. The second kappa shape index (κ2) is 5.38. The molecule has 0 amide bonds. The Morgan fingerprint density at radius 1 is 1.20 bits per heavy atom. The van der Waals surface area contributed by atoms with E-state index in [0.29, 0.717) is 22.2 Å². The van der Waals surface area contributed by atoms with Crippen molar-refractivity contribution in [3.63, 3.8) is 0 Å². The average molecular weight is 284 g/mol. The molecule has 0 saturated carbocycles. The van der Waals surface area contributed by atoms with Crippen molar-refractivity contribution in [2.45, 2.75) is 13.3 Å². The van der Waals surface area contributed by atoms with Gasteiger partial charge in [-0.15, -0.1) is 11.3 Å². The van der Waals surface area contributed by atoms with E-state index in [9.17, 15) is 4.79 Å². The van der Waals surface area contributed by atoms with E-state index in [0.717, 1.165) is 11.3 Å². The Bertz CT molecular complexity index is 731. The van der Waals surface area contributed by atoms with Crippen LogP contribution in [-0.4, -0.2) is 15.9 Å². The highest BCUT2D eigenvalue weighted by atomic mass is 32.1. The number of ketones is 1. The van der Waals surface area contributed by atoms with Crippen LogP contribution in [0.3, 0.4) is 0 Å². The van der Waals surface area contributed by atoms with Crippen LogP contribution < -0.4 is 0 Å². The van der Waals surface area contributed by atoms with Gasteiger partial charge in [0.25, 0.3) is 5.89 Å². The van der Waals surface area contributed by atoms with Gasteiger partial charge in [0.15, 0.2) is 5.82 Å². The third kappa shape index (κ3) is 2.40. The maximum atomic E-state index is 12.3. The fraction of sp³-hybridized carbons (Fsp3) is 0.133. The molecule has 2 aromatic heterocycles. The Labute approximate surface area is 120 Å². The molecule has 3 rings (SSSR count). The van der Waals surface area contributed by atoms with Gasteiger partial charge in [-0.2, -0.15) is 4.98 Å². The van der Waals surface area contributed by atoms with Gasteiger partial charge in [-0.05, 0) is 12.1 Å². The molecular weight excluding hydrogens is 272 g/mol. The molecule has 0 atom stereocenters. The van der Waals surface area contributed by atoms with Crippen LogP contribution in [0.4, 0.5) is 0 Å². The lowest BCUT2D eigenvalue weighted by molar-refractivity contribution is 0.104. The Balaban J connectivity index is 1.89. The number of aryl methyl sites for hydroxylation is 1. The van der Waals surface area contributed by atoms with E-state index in [4.69, 9.17) is 4.52 Å². The molecule has 1 aromatic carbocycles. The van der Waals surface area contributed by atoms with E-state index in [1.54, 1.807) is 6.07 Å². The first-order valence-electron chi connectivity index (χ1n) is 6.30. The maximum Gasteiger partial charge on any atom is 0.268 e. The monoisotopic (exact) mass is 284 g/mol. The van der Waals surface area contributed by atoms with Crippen molar-refractivity contribution in [1.29, 1.82) is 0 Å². The van der Waals surface area contributed by atoms with E-state index < -0.39 is 0 Å². The highest BCUT2D eigenvalue weighted by Gasteiger charge is 2.15. The lowest BCUT2D eigenvalue weighted by Gasteiger charge is -1.96. The van der Waals surface area contributed by atoms with Crippen molar-refractivity contribution >= 4 is 17.1 Å².